The van der Waals surface area contributed by atoms with Gasteiger partial charge in [0.1, 0.15) is 6.33 Å². The van der Waals surface area contributed by atoms with Crippen LogP contribution in [0.2, 0.25) is 0 Å². The number of likely N-dealkylation sites (tertiary alicyclic amines) is 1. The molecular weight excluding hydrogens is 388 g/mol. The molecule has 5 atom stereocenters. The molecule has 2 unspecified atom stereocenters. The summed E-state index contributed by atoms with van der Waals surface area (Å²) in [7, 11) is 0. The van der Waals surface area contributed by atoms with Crippen molar-refractivity contribution in [3.63, 3.8) is 0 Å². The SMILES string of the molecule is O=C([C@@H](c1ccccc1)n1cnnn1)N1CCCC2=CC3CC(CN4CCCC[C@H]34)[C@@H]21. The Hall–Kier alpha value is -2.54. The highest BCUT2D eigenvalue weighted by molar-refractivity contribution is 5.84. The second kappa shape index (κ2) is 7.86. The Labute approximate surface area is 183 Å². The molecule has 0 spiro atoms. The van der Waals surface area contributed by atoms with Gasteiger partial charge in [-0.1, -0.05) is 48.4 Å². The summed E-state index contributed by atoms with van der Waals surface area (Å²) in [6, 6.07) is 10.4. The van der Waals surface area contributed by atoms with Crippen molar-refractivity contribution in [1.82, 2.24) is 30.0 Å². The van der Waals surface area contributed by atoms with Crippen LogP contribution in [-0.2, 0) is 4.79 Å². The molecule has 1 amide bonds. The molecule has 0 radical (unpaired) electrons. The van der Waals surface area contributed by atoms with E-state index in [4.69, 9.17) is 0 Å². The van der Waals surface area contributed by atoms with E-state index in [1.54, 1.807) is 11.0 Å². The summed E-state index contributed by atoms with van der Waals surface area (Å²) < 4.78 is 1.61. The molecule has 1 aromatic heterocycles. The van der Waals surface area contributed by atoms with Crippen molar-refractivity contribution < 1.29 is 4.79 Å². The second-order valence-electron chi connectivity index (χ2n) is 9.64. The van der Waals surface area contributed by atoms with Gasteiger partial charge >= 0.3 is 0 Å². The second-order valence-corrected chi connectivity index (χ2v) is 9.64. The molecule has 4 heterocycles. The lowest BCUT2D eigenvalue weighted by atomic mass is 9.68. The molecule has 1 aromatic carbocycles. The van der Waals surface area contributed by atoms with Crippen molar-refractivity contribution in [3.05, 3.63) is 53.9 Å². The van der Waals surface area contributed by atoms with E-state index in [1.807, 2.05) is 30.3 Å². The molecule has 7 nitrogen and oxygen atoms in total. The fraction of sp³-hybridized carbons (Fsp3) is 0.583. The van der Waals surface area contributed by atoms with E-state index in [2.05, 4.69) is 31.4 Å². The van der Waals surface area contributed by atoms with Crippen molar-refractivity contribution in [2.75, 3.05) is 19.6 Å². The summed E-state index contributed by atoms with van der Waals surface area (Å²) in [5, 5.41) is 11.7. The van der Waals surface area contributed by atoms with Gasteiger partial charge in [0, 0.05) is 19.1 Å². The van der Waals surface area contributed by atoms with E-state index in [0.717, 1.165) is 37.5 Å². The summed E-state index contributed by atoms with van der Waals surface area (Å²) in [5.41, 5.74) is 2.44. The van der Waals surface area contributed by atoms with E-state index in [9.17, 15) is 4.79 Å². The molecular formula is C24H30N6O. The minimum Gasteiger partial charge on any atom is -0.333 e. The van der Waals surface area contributed by atoms with Crippen LogP contribution in [0.3, 0.4) is 0 Å². The Kier molecular flexibility index (Phi) is 4.86. The van der Waals surface area contributed by atoms with Gasteiger partial charge in [0.2, 0.25) is 0 Å². The molecule has 6 rings (SSSR count). The van der Waals surface area contributed by atoms with Gasteiger partial charge in [0.25, 0.3) is 5.91 Å². The summed E-state index contributed by atoms with van der Waals surface area (Å²) in [6.07, 6.45) is 11.5. The van der Waals surface area contributed by atoms with E-state index in [0.29, 0.717) is 11.8 Å². The fourth-order valence-corrected chi connectivity index (χ4v) is 6.71. The summed E-state index contributed by atoms with van der Waals surface area (Å²) >= 11 is 0. The molecule has 2 bridgehead atoms. The number of benzene rings is 1. The highest BCUT2D eigenvalue weighted by Gasteiger charge is 2.48. The van der Waals surface area contributed by atoms with E-state index in [-0.39, 0.29) is 11.9 Å². The van der Waals surface area contributed by atoms with Crippen molar-refractivity contribution in [2.45, 2.75) is 56.7 Å². The molecule has 0 N–H and O–H groups in total. The number of carbonyl (C=O) groups excluding carboxylic acids is 1. The molecule has 0 saturated carbocycles. The summed E-state index contributed by atoms with van der Waals surface area (Å²) in [4.78, 5) is 19.0. The molecule has 4 aliphatic rings. The molecule has 3 aliphatic heterocycles. The monoisotopic (exact) mass is 418 g/mol. The Morgan fingerprint density at radius 1 is 1.10 bits per heavy atom. The zero-order chi connectivity index (χ0) is 20.8. The first-order valence-corrected chi connectivity index (χ1v) is 11.8. The number of fused-ring (bicyclic) bond motifs is 6. The molecule has 7 heteroatoms. The van der Waals surface area contributed by atoms with Gasteiger partial charge in [-0.25, -0.2) is 4.68 Å². The molecule has 3 fully saturated rings. The Bertz CT molecular complexity index is 958. The number of aromatic nitrogens is 4. The quantitative estimate of drug-likeness (QED) is 0.717. The third kappa shape index (κ3) is 3.30. The van der Waals surface area contributed by atoms with E-state index >= 15 is 0 Å². The lowest BCUT2D eigenvalue weighted by Gasteiger charge is -2.55. The van der Waals surface area contributed by atoms with Gasteiger partial charge in [0.15, 0.2) is 6.04 Å². The summed E-state index contributed by atoms with van der Waals surface area (Å²) in [5.74, 6) is 1.33. The first-order valence-electron chi connectivity index (χ1n) is 11.8. The molecule has 1 aliphatic carbocycles. The van der Waals surface area contributed by atoms with Crippen LogP contribution in [0.5, 0.6) is 0 Å². The maximum Gasteiger partial charge on any atom is 0.252 e. The number of rotatable bonds is 3. The van der Waals surface area contributed by atoms with Crippen LogP contribution in [0.4, 0.5) is 0 Å². The van der Waals surface area contributed by atoms with Crippen molar-refractivity contribution in [2.24, 2.45) is 11.8 Å². The Morgan fingerprint density at radius 2 is 2.00 bits per heavy atom. The molecule has 31 heavy (non-hydrogen) atoms. The fourth-order valence-electron chi connectivity index (χ4n) is 6.71. The van der Waals surface area contributed by atoms with Crippen LogP contribution in [0.1, 0.15) is 50.1 Å². The first-order chi connectivity index (χ1) is 15.3. The third-order valence-electron chi connectivity index (χ3n) is 7.92. The number of hydrogen-bond acceptors (Lipinski definition) is 5. The van der Waals surface area contributed by atoms with Gasteiger partial charge in [-0.05, 0) is 66.5 Å². The lowest BCUT2D eigenvalue weighted by Crippen LogP contribution is -2.60. The van der Waals surface area contributed by atoms with Gasteiger partial charge < -0.3 is 4.90 Å². The third-order valence-corrected chi connectivity index (χ3v) is 7.92. The number of carbonyl (C=O) groups is 1. The Morgan fingerprint density at radius 3 is 2.84 bits per heavy atom. The minimum absolute atomic E-state index is 0.119. The topological polar surface area (TPSA) is 67.2 Å². The minimum atomic E-state index is -0.514. The van der Waals surface area contributed by atoms with Crippen LogP contribution >= 0.6 is 0 Å². The number of piperidine rings is 3. The van der Waals surface area contributed by atoms with Crippen molar-refractivity contribution >= 4 is 5.91 Å². The number of amides is 1. The average molecular weight is 419 g/mol. The normalized spacial score (nSPS) is 31.4. The maximum absolute atomic E-state index is 14.1. The highest BCUT2D eigenvalue weighted by atomic mass is 16.2. The zero-order valence-corrected chi connectivity index (χ0v) is 17.9. The number of nitrogens with zero attached hydrogens (tertiary/aromatic N) is 6. The average Bonchev–Trinajstić information content (AvgIpc) is 3.34. The van der Waals surface area contributed by atoms with Crippen LogP contribution < -0.4 is 0 Å². The van der Waals surface area contributed by atoms with Crippen LogP contribution in [-0.4, -0.2) is 67.6 Å². The van der Waals surface area contributed by atoms with E-state index < -0.39 is 6.04 Å². The molecule has 162 valence electrons. The van der Waals surface area contributed by atoms with Crippen LogP contribution in [0, 0.1) is 11.8 Å². The Balaban J connectivity index is 1.35. The van der Waals surface area contributed by atoms with Crippen LogP contribution in [0.25, 0.3) is 0 Å². The van der Waals surface area contributed by atoms with Crippen molar-refractivity contribution in [3.8, 4) is 0 Å². The van der Waals surface area contributed by atoms with Gasteiger partial charge in [-0.15, -0.1) is 5.10 Å². The highest BCUT2D eigenvalue weighted by Crippen LogP contribution is 2.45. The van der Waals surface area contributed by atoms with Crippen LogP contribution in [0.15, 0.2) is 48.3 Å². The van der Waals surface area contributed by atoms with Gasteiger partial charge in [-0.3, -0.25) is 9.69 Å². The zero-order valence-electron chi connectivity index (χ0n) is 17.9. The first kappa shape index (κ1) is 19.2. The predicted octanol–water partition coefficient (Wildman–Crippen LogP) is 2.68. The lowest BCUT2D eigenvalue weighted by molar-refractivity contribution is -0.139. The summed E-state index contributed by atoms with van der Waals surface area (Å²) in [6.45, 7) is 3.17. The van der Waals surface area contributed by atoms with E-state index in [1.165, 1.54) is 37.8 Å². The number of tetrazole rings is 1. The van der Waals surface area contributed by atoms with Gasteiger partial charge in [0.05, 0.1) is 6.04 Å². The van der Waals surface area contributed by atoms with Gasteiger partial charge in [-0.2, -0.15) is 0 Å². The maximum atomic E-state index is 14.1. The van der Waals surface area contributed by atoms with Crippen molar-refractivity contribution in [1.29, 1.82) is 0 Å². The largest absolute Gasteiger partial charge is 0.333 e. The molecule has 2 aromatic rings. The smallest absolute Gasteiger partial charge is 0.252 e. The predicted molar refractivity (Wildman–Crippen MR) is 116 cm³/mol. The molecule has 3 saturated heterocycles. The number of hydrogen-bond donors (Lipinski definition) is 0. The standard InChI is InChI=1S/C24H30N6O/c31-24(23(30-16-25-26-27-30)17-7-2-1-3-8-17)29-12-6-9-18-13-19-14-20(22(18)29)15-28-11-5-4-10-21(19)28/h1-3,7-8,13,16,19-23H,4-6,9-12,14-15H2/t19?,20?,21-,22-,23-/m1/s1.